The molecule has 26 heavy (non-hydrogen) atoms. The fourth-order valence-corrected chi connectivity index (χ4v) is 3.92. The fourth-order valence-electron chi connectivity index (χ4n) is 3.92. The maximum absolute atomic E-state index is 14.3. The van der Waals surface area contributed by atoms with Gasteiger partial charge in [-0.15, -0.1) is 0 Å². The maximum atomic E-state index is 14.3. The van der Waals surface area contributed by atoms with Gasteiger partial charge in [-0.05, 0) is 55.2 Å². The largest absolute Gasteiger partial charge is 0.432 e. The molecule has 0 aliphatic heterocycles. The number of carbonyl (C=O) groups is 1. The monoisotopic (exact) mass is 366 g/mol. The fraction of sp³-hybridized carbons (Fsp3) is 0.682. The summed E-state index contributed by atoms with van der Waals surface area (Å²) in [4.78, 5) is 11.2. The molecule has 0 heterocycles. The van der Waals surface area contributed by atoms with E-state index in [-0.39, 0.29) is 37.2 Å². The summed E-state index contributed by atoms with van der Waals surface area (Å²) < 4.78 is 33.6. The summed E-state index contributed by atoms with van der Waals surface area (Å²) in [5, 5.41) is 0. The molecular formula is C22H32F2O2. The van der Waals surface area contributed by atoms with Gasteiger partial charge >= 0.3 is 6.11 Å². The number of ketones is 1. The average Bonchev–Trinajstić information content (AvgIpc) is 2.65. The number of benzene rings is 1. The molecule has 0 bridgehead atoms. The first-order valence-electron chi connectivity index (χ1n) is 10.1. The summed E-state index contributed by atoms with van der Waals surface area (Å²) in [6.07, 6.45) is 2.52. The van der Waals surface area contributed by atoms with E-state index in [2.05, 4.69) is 6.92 Å². The second kappa shape index (κ2) is 9.48. The minimum atomic E-state index is -3.21. The molecule has 0 saturated heterocycles. The first-order chi connectivity index (χ1) is 12.4. The molecule has 0 amide bonds. The molecule has 0 spiro atoms. The number of hydrogen-bond acceptors (Lipinski definition) is 2. The van der Waals surface area contributed by atoms with E-state index in [1.165, 1.54) is 31.2 Å². The van der Waals surface area contributed by atoms with Crippen molar-refractivity contribution in [1.82, 2.24) is 0 Å². The van der Waals surface area contributed by atoms with Crippen molar-refractivity contribution in [2.24, 2.45) is 11.8 Å². The topological polar surface area (TPSA) is 26.3 Å². The van der Waals surface area contributed by atoms with Gasteiger partial charge in [0.25, 0.3) is 0 Å². The smallest absolute Gasteiger partial charge is 0.400 e. The van der Waals surface area contributed by atoms with Crippen LogP contribution in [-0.4, -0.2) is 11.9 Å². The summed E-state index contributed by atoms with van der Waals surface area (Å²) in [5.41, 5.74) is 1.22. The van der Waals surface area contributed by atoms with Crippen LogP contribution < -0.4 is 4.74 Å². The van der Waals surface area contributed by atoms with E-state index in [1.54, 1.807) is 12.1 Å². The first kappa shape index (κ1) is 20.9. The van der Waals surface area contributed by atoms with E-state index in [0.29, 0.717) is 5.92 Å². The van der Waals surface area contributed by atoms with E-state index < -0.39 is 12.0 Å². The predicted octanol–water partition coefficient (Wildman–Crippen LogP) is 6.74. The molecule has 2 nitrogen and oxygen atoms in total. The molecule has 2 fully saturated rings. The van der Waals surface area contributed by atoms with Crippen molar-refractivity contribution < 1.29 is 18.3 Å². The van der Waals surface area contributed by atoms with Gasteiger partial charge in [0.1, 0.15) is 11.5 Å². The van der Waals surface area contributed by atoms with Gasteiger partial charge < -0.3 is 4.74 Å². The van der Waals surface area contributed by atoms with Crippen molar-refractivity contribution >= 4 is 5.78 Å². The van der Waals surface area contributed by atoms with Crippen LogP contribution in [-0.2, 0) is 4.79 Å². The summed E-state index contributed by atoms with van der Waals surface area (Å²) in [6, 6.07) is 7.18. The second-order valence-corrected chi connectivity index (χ2v) is 7.50. The Morgan fingerprint density at radius 1 is 0.923 bits per heavy atom. The van der Waals surface area contributed by atoms with Crippen molar-refractivity contribution in [2.45, 2.75) is 84.2 Å². The number of alkyl halides is 2. The Balaban J connectivity index is 0.00000117. The lowest BCUT2D eigenvalue weighted by molar-refractivity contribution is -0.221. The van der Waals surface area contributed by atoms with E-state index in [4.69, 9.17) is 4.74 Å². The number of carbonyl (C=O) groups excluding carboxylic acids is 1. The van der Waals surface area contributed by atoms with Crippen LogP contribution in [0.4, 0.5) is 8.78 Å². The molecule has 4 heteroatoms. The van der Waals surface area contributed by atoms with Crippen LogP contribution in [0.3, 0.4) is 0 Å². The summed E-state index contributed by atoms with van der Waals surface area (Å²) in [5.74, 6) is 0.762. The molecule has 2 aliphatic carbocycles. The highest BCUT2D eigenvalue weighted by molar-refractivity contribution is 5.79. The zero-order valence-corrected chi connectivity index (χ0v) is 16.3. The highest BCUT2D eigenvalue weighted by Gasteiger charge is 2.43. The van der Waals surface area contributed by atoms with Crippen LogP contribution in [0.5, 0.6) is 5.75 Å². The molecule has 1 aromatic rings. The van der Waals surface area contributed by atoms with Crippen LogP contribution in [0.1, 0.15) is 83.6 Å². The van der Waals surface area contributed by atoms with Crippen molar-refractivity contribution in [1.29, 1.82) is 0 Å². The normalized spacial score (nSPS) is 24.6. The average molecular weight is 366 g/mol. The summed E-state index contributed by atoms with van der Waals surface area (Å²) >= 11 is 0. The zero-order chi connectivity index (χ0) is 19.2. The first-order valence-corrected chi connectivity index (χ1v) is 10.1. The van der Waals surface area contributed by atoms with Crippen molar-refractivity contribution in [3.63, 3.8) is 0 Å². The minimum Gasteiger partial charge on any atom is -0.432 e. The summed E-state index contributed by atoms with van der Waals surface area (Å²) in [7, 11) is 0. The highest BCUT2D eigenvalue weighted by Crippen LogP contribution is 2.39. The number of hydrogen-bond donors (Lipinski definition) is 0. The van der Waals surface area contributed by atoms with Crippen LogP contribution in [0.2, 0.25) is 0 Å². The molecule has 0 radical (unpaired) electrons. The van der Waals surface area contributed by atoms with E-state index in [0.717, 1.165) is 5.92 Å². The van der Waals surface area contributed by atoms with Gasteiger partial charge in [0.05, 0.1) is 5.92 Å². The predicted molar refractivity (Wildman–Crippen MR) is 101 cm³/mol. The van der Waals surface area contributed by atoms with Crippen molar-refractivity contribution in [2.75, 3.05) is 0 Å². The Bertz CT molecular complexity index is 550. The Hall–Kier alpha value is -1.45. The zero-order valence-electron chi connectivity index (χ0n) is 16.3. The van der Waals surface area contributed by atoms with E-state index >= 15 is 0 Å². The van der Waals surface area contributed by atoms with Crippen molar-refractivity contribution in [3.05, 3.63) is 29.8 Å². The lowest BCUT2D eigenvalue weighted by Crippen LogP contribution is -2.37. The van der Waals surface area contributed by atoms with Gasteiger partial charge in [0.2, 0.25) is 0 Å². The van der Waals surface area contributed by atoms with Gasteiger partial charge in [0, 0.05) is 12.8 Å². The number of ether oxygens (including phenoxy) is 1. The Labute approximate surface area is 156 Å². The molecule has 0 N–H and O–H groups in total. The molecule has 146 valence electrons. The molecule has 3 rings (SSSR count). The number of rotatable bonds is 4. The third kappa shape index (κ3) is 5.52. The molecule has 0 aromatic heterocycles. The Kier molecular flexibility index (Phi) is 7.60. The SMILES string of the molecule is CC.CC1CCC(c2ccc(OC(F)(F)C3CCC(=O)CC3)cc2)CC1. The van der Waals surface area contributed by atoms with Gasteiger partial charge in [-0.1, -0.05) is 45.7 Å². The third-order valence-corrected chi connectivity index (χ3v) is 5.64. The minimum absolute atomic E-state index is 0.0770. The van der Waals surface area contributed by atoms with Gasteiger partial charge in [-0.2, -0.15) is 8.78 Å². The molecular weight excluding hydrogens is 334 g/mol. The van der Waals surface area contributed by atoms with Gasteiger partial charge in [-0.3, -0.25) is 4.79 Å². The van der Waals surface area contributed by atoms with E-state index in [9.17, 15) is 13.6 Å². The maximum Gasteiger partial charge on any atom is 0.400 e. The van der Waals surface area contributed by atoms with Crippen LogP contribution >= 0.6 is 0 Å². The van der Waals surface area contributed by atoms with Gasteiger partial charge in [-0.25, -0.2) is 0 Å². The lowest BCUT2D eigenvalue weighted by atomic mass is 9.79. The van der Waals surface area contributed by atoms with Crippen LogP contribution in [0.15, 0.2) is 24.3 Å². The highest BCUT2D eigenvalue weighted by atomic mass is 19.3. The lowest BCUT2D eigenvalue weighted by Gasteiger charge is -2.29. The quantitative estimate of drug-likeness (QED) is 0.590. The van der Waals surface area contributed by atoms with Gasteiger partial charge in [0.15, 0.2) is 0 Å². The summed E-state index contributed by atoms with van der Waals surface area (Å²) in [6.45, 7) is 6.29. The second-order valence-electron chi connectivity index (χ2n) is 7.50. The van der Waals surface area contributed by atoms with Crippen molar-refractivity contribution in [3.8, 4) is 5.75 Å². The molecule has 0 atom stereocenters. The van der Waals surface area contributed by atoms with Crippen LogP contribution in [0, 0.1) is 11.8 Å². The molecule has 1 aromatic carbocycles. The Morgan fingerprint density at radius 3 is 2.00 bits per heavy atom. The van der Waals surface area contributed by atoms with Crippen LogP contribution in [0.25, 0.3) is 0 Å². The van der Waals surface area contributed by atoms with E-state index in [1.807, 2.05) is 26.0 Å². The molecule has 2 aliphatic rings. The molecule has 0 unspecified atom stereocenters. The Morgan fingerprint density at radius 2 is 1.46 bits per heavy atom. The molecule has 2 saturated carbocycles. The number of halogens is 2. The number of Topliss-reactive ketones (excluding diaryl/α,β-unsaturated/α-hetero) is 1. The third-order valence-electron chi connectivity index (χ3n) is 5.64. The standard InChI is InChI=1S/C20H26F2O2.C2H6/c1-14-2-4-15(5-3-14)16-6-12-19(13-7-16)24-20(21,22)17-8-10-18(23)11-9-17;1-2/h6-7,12-15,17H,2-5,8-11H2,1H3;1-2H3.